The summed E-state index contributed by atoms with van der Waals surface area (Å²) in [5.41, 5.74) is 1.30. The number of nitrogens with zero attached hydrogens (tertiary/aromatic N) is 3. The molecule has 0 aliphatic carbocycles. The Balaban J connectivity index is 1.37. The zero-order valence-electron chi connectivity index (χ0n) is 16.6. The maximum atomic E-state index is 13.0. The number of halogens is 1. The summed E-state index contributed by atoms with van der Waals surface area (Å²) in [7, 11) is 0. The number of fused-ring (bicyclic) bond motifs is 1. The Morgan fingerprint density at radius 2 is 2.03 bits per heavy atom. The van der Waals surface area contributed by atoms with Crippen molar-refractivity contribution in [2.45, 2.75) is 31.2 Å². The van der Waals surface area contributed by atoms with Crippen LogP contribution in [0.3, 0.4) is 0 Å². The van der Waals surface area contributed by atoms with E-state index in [1.165, 1.54) is 0 Å². The fraction of sp³-hybridized carbons (Fsp3) is 0.238. The fourth-order valence-electron chi connectivity index (χ4n) is 3.19. The third-order valence-electron chi connectivity index (χ3n) is 4.57. The molecular weight excluding hydrogens is 440 g/mol. The van der Waals surface area contributed by atoms with E-state index < -0.39 is 0 Å². The van der Waals surface area contributed by atoms with Crippen molar-refractivity contribution < 1.29 is 18.7 Å². The van der Waals surface area contributed by atoms with Gasteiger partial charge in [0.1, 0.15) is 5.75 Å². The molecule has 0 spiro atoms. The van der Waals surface area contributed by atoms with E-state index in [2.05, 4.69) is 15.5 Å². The lowest BCUT2D eigenvalue weighted by atomic mass is 10.2. The third-order valence-corrected chi connectivity index (χ3v) is 5.63. The predicted octanol–water partition coefficient (Wildman–Crippen LogP) is 4.16. The lowest BCUT2D eigenvalue weighted by Crippen LogP contribution is -2.40. The summed E-state index contributed by atoms with van der Waals surface area (Å²) >= 11 is 6.99. The molecule has 1 aromatic heterocycles. The molecule has 0 radical (unpaired) electrons. The van der Waals surface area contributed by atoms with E-state index in [0.29, 0.717) is 28.0 Å². The van der Waals surface area contributed by atoms with Crippen molar-refractivity contribution in [3.05, 3.63) is 59.4 Å². The Bertz CT molecular complexity index is 1090. The van der Waals surface area contributed by atoms with E-state index in [4.69, 9.17) is 20.8 Å². The van der Waals surface area contributed by atoms with E-state index in [9.17, 15) is 9.59 Å². The zero-order chi connectivity index (χ0) is 21.8. The van der Waals surface area contributed by atoms with Gasteiger partial charge >= 0.3 is 0 Å². The minimum Gasteiger partial charge on any atom is -0.484 e. The van der Waals surface area contributed by atoms with Crippen molar-refractivity contribution in [3.8, 4) is 5.75 Å². The number of hydrogen-bond acceptors (Lipinski definition) is 7. The molecule has 1 aliphatic heterocycles. The molecule has 2 heterocycles. The molecule has 1 aliphatic rings. The summed E-state index contributed by atoms with van der Waals surface area (Å²) in [6, 6.07) is 13.9. The number of benzene rings is 2. The maximum Gasteiger partial charge on any atom is 0.277 e. The second-order valence-electron chi connectivity index (χ2n) is 6.88. The number of thioether (sulfide) groups is 1. The number of carbonyl (C=O) groups excluding carboxylic acids is 2. The van der Waals surface area contributed by atoms with E-state index >= 15 is 0 Å². The van der Waals surface area contributed by atoms with Gasteiger partial charge in [0.2, 0.25) is 11.8 Å². The average molecular weight is 459 g/mol. The van der Waals surface area contributed by atoms with E-state index in [1.54, 1.807) is 35.2 Å². The van der Waals surface area contributed by atoms with Crippen LogP contribution in [0.4, 0.5) is 11.4 Å². The standard InChI is InChI=1S/C21H19ClN4O4S/c1-13-10-18(27)23-16-4-2-3-5-17(16)26(13)20(28)12-31-21-25-24-19(30-21)11-29-15-8-6-14(22)7-9-15/h2-9,13H,10-12H2,1H3,(H,23,27)/t13-/m0/s1. The van der Waals surface area contributed by atoms with Gasteiger partial charge in [-0.15, -0.1) is 10.2 Å². The molecular formula is C21H19ClN4O4S. The summed E-state index contributed by atoms with van der Waals surface area (Å²) in [5, 5.41) is 11.6. The summed E-state index contributed by atoms with van der Waals surface area (Å²) in [4.78, 5) is 26.7. The van der Waals surface area contributed by atoms with Crippen LogP contribution in [0.2, 0.25) is 5.02 Å². The number of carbonyl (C=O) groups is 2. The van der Waals surface area contributed by atoms with Gasteiger partial charge in [-0.2, -0.15) is 0 Å². The molecule has 8 nitrogen and oxygen atoms in total. The Morgan fingerprint density at radius 1 is 1.26 bits per heavy atom. The molecule has 0 bridgehead atoms. The number of rotatable bonds is 6. The number of amides is 2. The third kappa shape index (κ3) is 5.18. The summed E-state index contributed by atoms with van der Waals surface area (Å²) < 4.78 is 11.1. The minimum atomic E-state index is -0.275. The van der Waals surface area contributed by atoms with Crippen LogP contribution in [-0.2, 0) is 16.2 Å². The molecule has 0 fully saturated rings. The quantitative estimate of drug-likeness (QED) is 0.554. The molecule has 0 unspecified atom stereocenters. The van der Waals surface area contributed by atoms with E-state index in [1.807, 2.05) is 25.1 Å². The monoisotopic (exact) mass is 458 g/mol. The van der Waals surface area contributed by atoms with Crippen LogP contribution < -0.4 is 15.0 Å². The normalized spacial score (nSPS) is 15.7. The molecule has 0 saturated carbocycles. The largest absolute Gasteiger partial charge is 0.484 e. The molecule has 2 amide bonds. The van der Waals surface area contributed by atoms with Crippen molar-refractivity contribution in [2.24, 2.45) is 0 Å². The summed E-state index contributed by atoms with van der Waals surface area (Å²) in [6.07, 6.45) is 0.220. The first-order valence-electron chi connectivity index (χ1n) is 9.54. The highest BCUT2D eigenvalue weighted by atomic mass is 35.5. The van der Waals surface area contributed by atoms with E-state index in [0.717, 1.165) is 11.8 Å². The summed E-state index contributed by atoms with van der Waals surface area (Å²) in [6.45, 7) is 1.95. The first-order valence-corrected chi connectivity index (χ1v) is 10.9. The fourth-order valence-corrected chi connectivity index (χ4v) is 3.96. The van der Waals surface area contributed by atoms with Gasteiger partial charge in [-0.3, -0.25) is 9.59 Å². The van der Waals surface area contributed by atoms with Gasteiger partial charge in [-0.25, -0.2) is 0 Å². The highest BCUT2D eigenvalue weighted by molar-refractivity contribution is 7.99. The number of para-hydroxylation sites is 2. The number of ether oxygens (including phenoxy) is 1. The topological polar surface area (TPSA) is 97.6 Å². The van der Waals surface area contributed by atoms with Gasteiger partial charge in [0.05, 0.1) is 17.1 Å². The lowest BCUT2D eigenvalue weighted by Gasteiger charge is -2.27. The SMILES string of the molecule is C[C@H]1CC(=O)Nc2ccccc2N1C(=O)CSc1nnc(COc2ccc(Cl)cc2)o1. The molecule has 2 aromatic carbocycles. The minimum absolute atomic E-state index is 0.0898. The molecule has 4 rings (SSSR count). The van der Waals surface area contributed by atoms with Crippen LogP contribution in [0.15, 0.2) is 58.2 Å². The highest BCUT2D eigenvalue weighted by Gasteiger charge is 2.29. The number of aromatic nitrogens is 2. The average Bonchev–Trinajstić information content (AvgIpc) is 3.16. The van der Waals surface area contributed by atoms with Crippen LogP contribution in [-0.4, -0.2) is 33.8 Å². The Hall–Kier alpha value is -3.04. The van der Waals surface area contributed by atoms with Crippen LogP contribution >= 0.6 is 23.4 Å². The second kappa shape index (κ2) is 9.40. The molecule has 10 heteroatoms. The van der Waals surface area contributed by atoms with Crippen molar-refractivity contribution in [3.63, 3.8) is 0 Å². The van der Waals surface area contributed by atoms with Gasteiger partial charge in [-0.1, -0.05) is 35.5 Å². The zero-order valence-corrected chi connectivity index (χ0v) is 18.2. The Morgan fingerprint density at radius 3 is 2.84 bits per heavy atom. The van der Waals surface area contributed by atoms with Crippen molar-refractivity contribution in [1.82, 2.24) is 10.2 Å². The first-order chi connectivity index (χ1) is 15.0. The van der Waals surface area contributed by atoms with Crippen LogP contribution in [0.25, 0.3) is 0 Å². The molecule has 3 aromatic rings. The van der Waals surface area contributed by atoms with Gasteiger partial charge in [0, 0.05) is 17.5 Å². The van der Waals surface area contributed by atoms with E-state index in [-0.39, 0.29) is 41.9 Å². The van der Waals surface area contributed by atoms with Crippen LogP contribution in [0.1, 0.15) is 19.2 Å². The number of hydrogen-bond donors (Lipinski definition) is 1. The van der Waals surface area contributed by atoms with Crippen LogP contribution in [0.5, 0.6) is 5.75 Å². The van der Waals surface area contributed by atoms with Gasteiger partial charge in [0.15, 0.2) is 6.61 Å². The van der Waals surface area contributed by atoms with Crippen molar-refractivity contribution in [1.29, 1.82) is 0 Å². The maximum absolute atomic E-state index is 13.0. The second-order valence-corrected chi connectivity index (χ2v) is 8.24. The molecule has 160 valence electrons. The van der Waals surface area contributed by atoms with Gasteiger partial charge < -0.3 is 19.4 Å². The highest BCUT2D eigenvalue weighted by Crippen LogP contribution is 2.32. The van der Waals surface area contributed by atoms with Gasteiger partial charge in [0.25, 0.3) is 11.1 Å². The first kappa shape index (κ1) is 21.2. The summed E-state index contributed by atoms with van der Waals surface area (Å²) in [5.74, 6) is 0.743. The number of nitrogens with one attached hydrogen (secondary N) is 1. The predicted molar refractivity (Wildman–Crippen MR) is 117 cm³/mol. The van der Waals surface area contributed by atoms with Crippen molar-refractivity contribution in [2.75, 3.05) is 16.0 Å². The molecule has 31 heavy (non-hydrogen) atoms. The number of anilines is 2. The lowest BCUT2D eigenvalue weighted by molar-refractivity contribution is -0.117. The Labute approximate surface area is 187 Å². The Kier molecular flexibility index (Phi) is 6.43. The molecule has 1 atom stereocenters. The molecule has 1 N–H and O–H groups in total. The van der Waals surface area contributed by atoms with Crippen LogP contribution in [0, 0.1) is 0 Å². The van der Waals surface area contributed by atoms with Gasteiger partial charge in [-0.05, 0) is 43.3 Å². The molecule has 0 saturated heterocycles. The van der Waals surface area contributed by atoms with Crippen molar-refractivity contribution >= 4 is 46.6 Å². The smallest absolute Gasteiger partial charge is 0.277 e.